The van der Waals surface area contributed by atoms with Crippen molar-refractivity contribution in [2.24, 2.45) is 5.92 Å². The van der Waals surface area contributed by atoms with Crippen LogP contribution in [-0.4, -0.2) is 24.3 Å². The predicted molar refractivity (Wildman–Crippen MR) is 68.6 cm³/mol. The standard InChI is InChI=1S/C14H23NO/c1-11(2)14(16)10-15-9-12(3)13-7-5-4-6-8-13/h4-8,11-12,14-16H,9-10H2,1-3H3/t12-,14-/m0/s1. The maximum atomic E-state index is 9.65. The van der Waals surface area contributed by atoms with Crippen molar-refractivity contribution >= 4 is 0 Å². The van der Waals surface area contributed by atoms with Gasteiger partial charge in [-0.25, -0.2) is 0 Å². The molecule has 0 aliphatic rings. The van der Waals surface area contributed by atoms with Gasteiger partial charge in [0.05, 0.1) is 6.10 Å². The molecule has 0 heterocycles. The molecule has 0 saturated heterocycles. The van der Waals surface area contributed by atoms with Crippen molar-refractivity contribution in [3.8, 4) is 0 Å². The number of hydrogen-bond donors (Lipinski definition) is 2. The molecule has 0 aliphatic carbocycles. The Kier molecular flexibility index (Phi) is 5.50. The lowest BCUT2D eigenvalue weighted by molar-refractivity contribution is 0.123. The second-order valence-electron chi connectivity index (χ2n) is 4.78. The highest BCUT2D eigenvalue weighted by Crippen LogP contribution is 2.13. The van der Waals surface area contributed by atoms with E-state index in [-0.39, 0.29) is 6.10 Å². The third-order valence-electron chi connectivity index (χ3n) is 2.94. The minimum Gasteiger partial charge on any atom is -0.392 e. The molecule has 0 unspecified atom stereocenters. The molecule has 0 fully saturated rings. The summed E-state index contributed by atoms with van der Waals surface area (Å²) >= 11 is 0. The maximum Gasteiger partial charge on any atom is 0.0687 e. The molecule has 1 aromatic rings. The molecule has 0 saturated carbocycles. The highest BCUT2D eigenvalue weighted by molar-refractivity contribution is 5.18. The lowest BCUT2D eigenvalue weighted by Crippen LogP contribution is -2.32. The Morgan fingerprint density at radius 2 is 1.69 bits per heavy atom. The van der Waals surface area contributed by atoms with E-state index in [2.05, 4.69) is 36.5 Å². The van der Waals surface area contributed by atoms with Gasteiger partial charge in [0.1, 0.15) is 0 Å². The Balaban J connectivity index is 2.28. The van der Waals surface area contributed by atoms with Gasteiger partial charge in [-0.05, 0) is 17.4 Å². The fourth-order valence-electron chi connectivity index (χ4n) is 1.58. The first-order valence-electron chi connectivity index (χ1n) is 6.05. The molecule has 0 aliphatic heterocycles. The summed E-state index contributed by atoms with van der Waals surface area (Å²) in [6.45, 7) is 7.85. The average Bonchev–Trinajstić information content (AvgIpc) is 2.29. The van der Waals surface area contributed by atoms with E-state index in [9.17, 15) is 5.11 Å². The second kappa shape index (κ2) is 6.66. The molecule has 2 N–H and O–H groups in total. The minimum absolute atomic E-state index is 0.247. The summed E-state index contributed by atoms with van der Waals surface area (Å²) in [4.78, 5) is 0. The smallest absolute Gasteiger partial charge is 0.0687 e. The highest BCUT2D eigenvalue weighted by Gasteiger charge is 2.09. The third kappa shape index (κ3) is 4.33. The van der Waals surface area contributed by atoms with Crippen molar-refractivity contribution < 1.29 is 5.11 Å². The van der Waals surface area contributed by atoms with Crippen LogP contribution < -0.4 is 5.32 Å². The number of aliphatic hydroxyl groups excluding tert-OH is 1. The summed E-state index contributed by atoms with van der Waals surface area (Å²) in [6.07, 6.45) is -0.247. The van der Waals surface area contributed by atoms with Crippen molar-refractivity contribution in [1.82, 2.24) is 5.32 Å². The Bertz CT molecular complexity index is 284. The molecule has 0 aromatic heterocycles. The van der Waals surface area contributed by atoms with Crippen molar-refractivity contribution in [1.29, 1.82) is 0 Å². The van der Waals surface area contributed by atoms with E-state index in [0.717, 1.165) is 6.54 Å². The molecule has 16 heavy (non-hydrogen) atoms. The first-order valence-corrected chi connectivity index (χ1v) is 6.05. The lowest BCUT2D eigenvalue weighted by atomic mass is 10.0. The Labute approximate surface area is 98.7 Å². The molecule has 0 bridgehead atoms. The van der Waals surface area contributed by atoms with Gasteiger partial charge in [0.25, 0.3) is 0 Å². The number of aliphatic hydroxyl groups is 1. The molecule has 90 valence electrons. The fourth-order valence-corrected chi connectivity index (χ4v) is 1.58. The Morgan fingerprint density at radius 1 is 1.06 bits per heavy atom. The van der Waals surface area contributed by atoms with Gasteiger partial charge in [-0.1, -0.05) is 51.1 Å². The van der Waals surface area contributed by atoms with E-state index in [0.29, 0.717) is 18.4 Å². The first kappa shape index (κ1) is 13.2. The summed E-state index contributed by atoms with van der Waals surface area (Å²) in [5.41, 5.74) is 1.34. The molecule has 0 spiro atoms. The zero-order chi connectivity index (χ0) is 12.0. The van der Waals surface area contributed by atoms with Gasteiger partial charge in [-0.15, -0.1) is 0 Å². The van der Waals surface area contributed by atoms with Crippen LogP contribution in [0, 0.1) is 5.92 Å². The molecule has 2 nitrogen and oxygen atoms in total. The van der Waals surface area contributed by atoms with Crippen LogP contribution in [0.4, 0.5) is 0 Å². The number of hydrogen-bond acceptors (Lipinski definition) is 2. The zero-order valence-corrected chi connectivity index (χ0v) is 10.5. The highest BCUT2D eigenvalue weighted by atomic mass is 16.3. The van der Waals surface area contributed by atoms with Crippen LogP contribution in [-0.2, 0) is 0 Å². The van der Waals surface area contributed by atoms with E-state index in [4.69, 9.17) is 0 Å². The summed E-state index contributed by atoms with van der Waals surface area (Å²) in [5.74, 6) is 0.806. The van der Waals surface area contributed by atoms with Crippen LogP contribution in [0.3, 0.4) is 0 Å². The van der Waals surface area contributed by atoms with E-state index in [1.165, 1.54) is 5.56 Å². The molecule has 2 atom stereocenters. The van der Waals surface area contributed by atoms with Gasteiger partial charge in [0, 0.05) is 13.1 Å². The van der Waals surface area contributed by atoms with E-state index in [1.807, 2.05) is 19.9 Å². The lowest BCUT2D eigenvalue weighted by Gasteiger charge is -2.17. The zero-order valence-electron chi connectivity index (χ0n) is 10.5. The summed E-state index contributed by atoms with van der Waals surface area (Å²) in [5, 5.41) is 13.0. The van der Waals surface area contributed by atoms with E-state index >= 15 is 0 Å². The molecule has 2 heteroatoms. The van der Waals surface area contributed by atoms with E-state index < -0.39 is 0 Å². The van der Waals surface area contributed by atoms with Crippen LogP contribution in [0.15, 0.2) is 30.3 Å². The van der Waals surface area contributed by atoms with Gasteiger partial charge < -0.3 is 10.4 Å². The van der Waals surface area contributed by atoms with Crippen molar-refractivity contribution in [3.63, 3.8) is 0 Å². The third-order valence-corrected chi connectivity index (χ3v) is 2.94. The predicted octanol–water partition coefficient (Wildman–Crippen LogP) is 2.40. The van der Waals surface area contributed by atoms with Gasteiger partial charge in [-0.3, -0.25) is 0 Å². The monoisotopic (exact) mass is 221 g/mol. The van der Waals surface area contributed by atoms with Crippen LogP contribution in [0.5, 0.6) is 0 Å². The second-order valence-corrected chi connectivity index (χ2v) is 4.78. The van der Waals surface area contributed by atoms with Crippen molar-refractivity contribution in [2.45, 2.75) is 32.8 Å². The molecule has 1 rings (SSSR count). The molecular formula is C14H23NO. The fraction of sp³-hybridized carbons (Fsp3) is 0.571. The van der Waals surface area contributed by atoms with Gasteiger partial charge in [0.2, 0.25) is 0 Å². The van der Waals surface area contributed by atoms with E-state index in [1.54, 1.807) is 0 Å². The quantitative estimate of drug-likeness (QED) is 0.773. The largest absolute Gasteiger partial charge is 0.392 e. The van der Waals surface area contributed by atoms with Gasteiger partial charge in [0.15, 0.2) is 0 Å². The first-order chi connectivity index (χ1) is 7.61. The topological polar surface area (TPSA) is 32.3 Å². The van der Waals surface area contributed by atoms with Gasteiger partial charge in [-0.2, -0.15) is 0 Å². The Hall–Kier alpha value is -0.860. The summed E-state index contributed by atoms with van der Waals surface area (Å²) < 4.78 is 0. The summed E-state index contributed by atoms with van der Waals surface area (Å²) in [6, 6.07) is 10.5. The van der Waals surface area contributed by atoms with Crippen LogP contribution in [0.2, 0.25) is 0 Å². The van der Waals surface area contributed by atoms with Crippen molar-refractivity contribution in [2.75, 3.05) is 13.1 Å². The molecule has 0 radical (unpaired) electrons. The molecular weight excluding hydrogens is 198 g/mol. The Morgan fingerprint density at radius 3 is 2.25 bits per heavy atom. The van der Waals surface area contributed by atoms with Crippen LogP contribution in [0.25, 0.3) is 0 Å². The van der Waals surface area contributed by atoms with Crippen molar-refractivity contribution in [3.05, 3.63) is 35.9 Å². The average molecular weight is 221 g/mol. The number of nitrogens with one attached hydrogen (secondary N) is 1. The SMILES string of the molecule is CC(C)[C@@H](O)CNC[C@H](C)c1ccccc1. The van der Waals surface area contributed by atoms with Gasteiger partial charge >= 0.3 is 0 Å². The molecule has 0 amide bonds. The van der Waals surface area contributed by atoms with Crippen LogP contribution in [0.1, 0.15) is 32.3 Å². The summed E-state index contributed by atoms with van der Waals surface area (Å²) in [7, 11) is 0. The normalized spacial score (nSPS) is 15.1. The minimum atomic E-state index is -0.247. The van der Waals surface area contributed by atoms with Crippen LogP contribution >= 0.6 is 0 Å². The number of benzene rings is 1. The maximum absolute atomic E-state index is 9.65. The number of rotatable bonds is 6. The molecule has 1 aromatic carbocycles.